The van der Waals surface area contributed by atoms with E-state index in [0.29, 0.717) is 5.56 Å². The fourth-order valence-electron chi connectivity index (χ4n) is 1.41. The Kier molecular flexibility index (Phi) is 2.40. The molecule has 0 spiro atoms. The number of halogens is 1. The summed E-state index contributed by atoms with van der Waals surface area (Å²) < 4.78 is 15.0. The van der Waals surface area contributed by atoms with Crippen molar-refractivity contribution < 1.29 is 9.31 Å². The van der Waals surface area contributed by atoms with E-state index in [4.69, 9.17) is 0 Å². The number of nitrogens with zero attached hydrogens (tertiary/aromatic N) is 3. The monoisotopic (exact) mass is 221 g/mol. The molecule has 6 heteroatoms. The van der Waals surface area contributed by atoms with Gasteiger partial charge >= 0.3 is 0 Å². The summed E-state index contributed by atoms with van der Waals surface area (Å²) in [5, 5.41) is 14.5. The third kappa shape index (κ3) is 1.77. The van der Waals surface area contributed by atoms with Crippen molar-refractivity contribution in [2.45, 2.75) is 0 Å². The van der Waals surface area contributed by atoms with Gasteiger partial charge in [0, 0.05) is 36.5 Å². The van der Waals surface area contributed by atoms with Gasteiger partial charge in [0.25, 0.3) is 5.69 Å². The first-order chi connectivity index (χ1) is 7.58. The molecule has 0 amide bonds. The summed E-state index contributed by atoms with van der Waals surface area (Å²) in [6.07, 6.45) is 3.06. The molecule has 0 N–H and O–H groups in total. The van der Waals surface area contributed by atoms with Crippen LogP contribution >= 0.6 is 0 Å². The summed E-state index contributed by atoms with van der Waals surface area (Å²) in [5.41, 5.74) is 0.561. The van der Waals surface area contributed by atoms with Crippen LogP contribution in [0.3, 0.4) is 0 Å². The van der Waals surface area contributed by atoms with Crippen molar-refractivity contribution in [1.82, 2.24) is 9.78 Å². The summed E-state index contributed by atoms with van der Waals surface area (Å²) in [6.45, 7) is 0. The second-order valence-electron chi connectivity index (χ2n) is 3.32. The van der Waals surface area contributed by atoms with Gasteiger partial charge in [0.05, 0.1) is 11.1 Å². The Labute approximate surface area is 90.3 Å². The molecule has 0 aliphatic heterocycles. The summed E-state index contributed by atoms with van der Waals surface area (Å²) in [7, 11) is 1.69. The van der Waals surface area contributed by atoms with Crippen LogP contribution in [0.25, 0.3) is 11.1 Å². The summed E-state index contributed by atoms with van der Waals surface area (Å²) in [4.78, 5) is 10.0. The van der Waals surface area contributed by atoms with Crippen molar-refractivity contribution in [3.05, 3.63) is 46.5 Å². The van der Waals surface area contributed by atoms with E-state index in [9.17, 15) is 14.5 Å². The molecule has 2 rings (SSSR count). The van der Waals surface area contributed by atoms with Gasteiger partial charge < -0.3 is 0 Å². The number of hydrogen-bond acceptors (Lipinski definition) is 3. The van der Waals surface area contributed by atoms with Crippen molar-refractivity contribution in [3.63, 3.8) is 0 Å². The number of rotatable bonds is 2. The Morgan fingerprint density at radius 2 is 2.25 bits per heavy atom. The maximum Gasteiger partial charge on any atom is 0.270 e. The quantitative estimate of drug-likeness (QED) is 0.576. The number of nitro groups is 1. The highest BCUT2D eigenvalue weighted by Crippen LogP contribution is 2.26. The number of non-ortho nitro benzene ring substituents is 1. The molecule has 2 aromatic rings. The molecule has 0 radical (unpaired) electrons. The van der Waals surface area contributed by atoms with Crippen LogP contribution in [-0.4, -0.2) is 14.7 Å². The highest BCUT2D eigenvalue weighted by atomic mass is 19.1. The lowest BCUT2D eigenvalue weighted by molar-refractivity contribution is -0.384. The van der Waals surface area contributed by atoms with Gasteiger partial charge in [-0.15, -0.1) is 0 Å². The van der Waals surface area contributed by atoms with Gasteiger partial charge in [-0.05, 0) is 6.07 Å². The van der Waals surface area contributed by atoms with E-state index in [0.717, 1.165) is 12.1 Å². The van der Waals surface area contributed by atoms with Crippen LogP contribution in [0.1, 0.15) is 0 Å². The van der Waals surface area contributed by atoms with Crippen LogP contribution in [0.5, 0.6) is 0 Å². The molecular weight excluding hydrogens is 213 g/mol. The Morgan fingerprint density at radius 1 is 1.50 bits per heavy atom. The lowest BCUT2D eigenvalue weighted by atomic mass is 10.1. The van der Waals surface area contributed by atoms with Gasteiger partial charge in [-0.25, -0.2) is 4.39 Å². The van der Waals surface area contributed by atoms with E-state index in [2.05, 4.69) is 5.10 Å². The summed E-state index contributed by atoms with van der Waals surface area (Å²) >= 11 is 0. The Hall–Kier alpha value is -2.24. The van der Waals surface area contributed by atoms with Crippen molar-refractivity contribution in [2.75, 3.05) is 0 Å². The fourth-order valence-corrected chi connectivity index (χ4v) is 1.41. The molecule has 1 aromatic carbocycles. The second-order valence-corrected chi connectivity index (χ2v) is 3.32. The molecule has 0 saturated heterocycles. The number of nitro benzene ring substituents is 1. The largest absolute Gasteiger partial charge is 0.275 e. The van der Waals surface area contributed by atoms with Gasteiger partial charge in [-0.2, -0.15) is 5.10 Å². The van der Waals surface area contributed by atoms with Crippen molar-refractivity contribution >= 4 is 5.69 Å². The first kappa shape index (κ1) is 10.3. The van der Waals surface area contributed by atoms with E-state index >= 15 is 0 Å². The summed E-state index contributed by atoms with van der Waals surface area (Å²) in [5.74, 6) is -0.501. The Morgan fingerprint density at radius 3 is 2.81 bits per heavy atom. The molecule has 0 fully saturated rings. The minimum Gasteiger partial charge on any atom is -0.275 e. The van der Waals surface area contributed by atoms with E-state index in [-0.39, 0.29) is 11.3 Å². The minimum absolute atomic E-state index is 0.139. The predicted octanol–water partition coefficient (Wildman–Crippen LogP) is 2.13. The molecule has 0 aliphatic carbocycles. The third-order valence-electron chi connectivity index (χ3n) is 2.18. The van der Waals surface area contributed by atoms with Gasteiger partial charge in [0.15, 0.2) is 0 Å². The average molecular weight is 221 g/mol. The Bertz CT molecular complexity index is 551. The second kappa shape index (κ2) is 3.73. The lowest BCUT2D eigenvalue weighted by Gasteiger charge is -1.99. The Balaban J connectivity index is 2.55. The maximum absolute atomic E-state index is 13.5. The zero-order chi connectivity index (χ0) is 11.7. The first-order valence-electron chi connectivity index (χ1n) is 4.51. The van der Waals surface area contributed by atoms with Gasteiger partial charge in [0.1, 0.15) is 5.82 Å². The minimum atomic E-state index is -0.556. The maximum atomic E-state index is 13.5. The van der Waals surface area contributed by atoms with E-state index in [1.165, 1.54) is 16.9 Å². The molecule has 5 nitrogen and oxygen atoms in total. The van der Waals surface area contributed by atoms with Crippen LogP contribution in [0.15, 0.2) is 30.6 Å². The van der Waals surface area contributed by atoms with Gasteiger partial charge in [-0.1, -0.05) is 0 Å². The van der Waals surface area contributed by atoms with E-state index in [1.807, 2.05) is 0 Å². The average Bonchev–Trinajstić information content (AvgIpc) is 2.65. The molecule has 1 heterocycles. The molecule has 0 atom stereocenters. The SMILES string of the molecule is Cn1cc(-c2cc([N+](=O)[O-])ccc2F)cn1. The van der Waals surface area contributed by atoms with E-state index in [1.54, 1.807) is 13.2 Å². The van der Waals surface area contributed by atoms with Crippen LogP contribution in [0.2, 0.25) is 0 Å². The predicted molar refractivity (Wildman–Crippen MR) is 55.3 cm³/mol. The van der Waals surface area contributed by atoms with Crippen molar-refractivity contribution in [2.24, 2.45) is 7.05 Å². The molecule has 82 valence electrons. The number of aryl methyl sites for hydroxylation is 1. The molecular formula is C10H8FN3O2. The zero-order valence-electron chi connectivity index (χ0n) is 8.42. The topological polar surface area (TPSA) is 61.0 Å². The highest BCUT2D eigenvalue weighted by Gasteiger charge is 2.13. The molecule has 0 saturated carbocycles. The molecule has 16 heavy (non-hydrogen) atoms. The summed E-state index contributed by atoms with van der Waals surface area (Å²) in [6, 6.07) is 3.42. The van der Waals surface area contributed by atoms with Gasteiger partial charge in [0.2, 0.25) is 0 Å². The fraction of sp³-hybridized carbons (Fsp3) is 0.100. The standard InChI is InChI=1S/C10H8FN3O2/c1-13-6-7(5-12-13)9-4-8(14(15)16)2-3-10(9)11/h2-6H,1H3. The van der Waals surface area contributed by atoms with Crippen molar-refractivity contribution in [1.29, 1.82) is 0 Å². The van der Waals surface area contributed by atoms with Crippen LogP contribution in [0.4, 0.5) is 10.1 Å². The lowest BCUT2D eigenvalue weighted by Crippen LogP contribution is -1.90. The smallest absolute Gasteiger partial charge is 0.270 e. The normalized spacial score (nSPS) is 10.4. The molecule has 0 unspecified atom stereocenters. The van der Waals surface area contributed by atoms with Crippen LogP contribution in [0, 0.1) is 15.9 Å². The molecule has 0 bridgehead atoms. The number of benzene rings is 1. The van der Waals surface area contributed by atoms with Crippen LogP contribution in [-0.2, 0) is 7.05 Å². The van der Waals surface area contributed by atoms with Crippen molar-refractivity contribution in [3.8, 4) is 11.1 Å². The number of hydrogen-bond donors (Lipinski definition) is 0. The third-order valence-corrected chi connectivity index (χ3v) is 2.18. The molecule has 0 aliphatic rings. The first-order valence-corrected chi connectivity index (χ1v) is 4.51. The highest BCUT2D eigenvalue weighted by molar-refractivity contribution is 5.65. The van der Waals surface area contributed by atoms with Gasteiger partial charge in [-0.3, -0.25) is 14.8 Å². The zero-order valence-corrected chi connectivity index (χ0v) is 8.42. The molecule has 1 aromatic heterocycles. The van der Waals surface area contributed by atoms with Crippen LogP contribution < -0.4 is 0 Å². The van der Waals surface area contributed by atoms with E-state index < -0.39 is 10.7 Å². The number of aromatic nitrogens is 2.